The molecule has 0 saturated carbocycles. The Kier molecular flexibility index (Phi) is 5.13. The molecule has 0 fully saturated rings. The number of carbonyl (C=O) groups is 1. The highest BCUT2D eigenvalue weighted by atomic mass is 16.1. The number of primary amides is 1. The zero-order valence-electron chi connectivity index (χ0n) is 10.1. The molecule has 0 heterocycles. The van der Waals surface area contributed by atoms with E-state index in [0.29, 0.717) is 6.04 Å². The van der Waals surface area contributed by atoms with E-state index < -0.39 is 5.54 Å². The van der Waals surface area contributed by atoms with Gasteiger partial charge in [0.2, 0.25) is 5.91 Å². The quantitative estimate of drug-likeness (QED) is 0.685. The summed E-state index contributed by atoms with van der Waals surface area (Å²) in [6, 6.07) is 0.324. The lowest BCUT2D eigenvalue weighted by Crippen LogP contribution is -2.61. The third-order valence-corrected chi connectivity index (χ3v) is 3.10. The van der Waals surface area contributed by atoms with Gasteiger partial charge in [0, 0.05) is 6.04 Å². The molecule has 0 saturated heterocycles. The molecule has 3 heteroatoms. The number of rotatable bonds is 6. The maximum Gasteiger partial charge on any atom is 0.237 e. The van der Waals surface area contributed by atoms with Gasteiger partial charge in [-0.05, 0) is 25.7 Å². The van der Waals surface area contributed by atoms with E-state index in [-0.39, 0.29) is 11.8 Å². The van der Waals surface area contributed by atoms with Crippen molar-refractivity contribution in [3.8, 4) is 0 Å². The van der Waals surface area contributed by atoms with Crippen LogP contribution in [0.1, 0.15) is 47.5 Å². The Bertz CT molecular complexity index is 192. The summed E-state index contributed by atoms with van der Waals surface area (Å²) >= 11 is 0. The number of amides is 1. The van der Waals surface area contributed by atoms with Crippen molar-refractivity contribution in [2.45, 2.75) is 59.0 Å². The van der Waals surface area contributed by atoms with Crippen LogP contribution < -0.4 is 11.1 Å². The molecule has 1 amide bonds. The van der Waals surface area contributed by atoms with Crippen LogP contribution in [0.2, 0.25) is 0 Å². The van der Waals surface area contributed by atoms with Crippen molar-refractivity contribution in [3.05, 3.63) is 0 Å². The lowest BCUT2D eigenvalue weighted by molar-refractivity contribution is -0.126. The average Bonchev–Trinajstić information content (AvgIpc) is 2.12. The molecule has 84 valence electrons. The molecule has 0 aliphatic rings. The van der Waals surface area contributed by atoms with Crippen molar-refractivity contribution < 1.29 is 4.79 Å². The first-order valence-electron chi connectivity index (χ1n) is 5.48. The van der Waals surface area contributed by atoms with Crippen LogP contribution in [0.3, 0.4) is 0 Å². The maximum atomic E-state index is 11.5. The van der Waals surface area contributed by atoms with Crippen molar-refractivity contribution in [1.82, 2.24) is 5.32 Å². The monoisotopic (exact) mass is 200 g/mol. The Morgan fingerprint density at radius 3 is 2.07 bits per heavy atom. The summed E-state index contributed by atoms with van der Waals surface area (Å²) < 4.78 is 0. The fourth-order valence-corrected chi connectivity index (χ4v) is 1.75. The van der Waals surface area contributed by atoms with Crippen molar-refractivity contribution in [2.24, 2.45) is 11.7 Å². The van der Waals surface area contributed by atoms with E-state index in [1.165, 1.54) is 0 Å². The van der Waals surface area contributed by atoms with Crippen LogP contribution in [-0.4, -0.2) is 17.5 Å². The standard InChI is InChI=1S/C11H24N2O/c1-6-9(5)13-11(7-2,8(3)4)10(12)14/h8-9,13H,6-7H2,1-5H3,(H2,12,14). The second-order valence-corrected chi connectivity index (χ2v) is 4.30. The molecule has 0 aromatic heterocycles. The predicted octanol–water partition coefficient (Wildman–Crippen LogP) is 1.66. The lowest BCUT2D eigenvalue weighted by Gasteiger charge is -2.37. The van der Waals surface area contributed by atoms with Crippen LogP contribution in [0.4, 0.5) is 0 Å². The van der Waals surface area contributed by atoms with Gasteiger partial charge in [-0.15, -0.1) is 0 Å². The molecule has 0 aromatic carbocycles. The smallest absolute Gasteiger partial charge is 0.237 e. The SMILES string of the molecule is CCC(C)NC(CC)(C(N)=O)C(C)C. The second kappa shape index (κ2) is 5.35. The van der Waals surface area contributed by atoms with Gasteiger partial charge in [-0.2, -0.15) is 0 Å². The van der Waals surface area contributed by atoms with E-state index in [1.807, 2.05) is 20.8 Å². The van der Waals surface area contributed by atoms with Gasteiger partial charge in [-0.1, -0.05) is 27.7 Å². The van der Waals surface area contributed by atoms with Crippen molar-refractivity contribution >= 4 is 5.91 Å². The highest BCUT2D eigenvalue weighted by Crippen LogP contribution is 2.22. The van der Waals surface area contributed by atoms with Gasteiger partial charge < -0.3 is 11.1 Å². The Morgan fingerprint density at radius 2 is 1.86 bits per heavy atom. The highest BCUT2D eigenvalue weighted by Gasteiger charge is 2.38. The van der Waals surface area contributed by atoms with Gasteiger partial charge in [0.1, 0.15) is 0 Å². The predicted molar refractivity (Wildman–Crippen MR) is 59.9 cm³/mol. The molecular formula is C11H24N2O. The third-order valence-electron chi connectivity index (χ3n) is 3.10. The summed E-state index contributed by atoms with van der Waals surface area (Å²) in [6.07, 6.45) is 1.74. The van der Waals surface area contributed by atoms with Gasteiger partial charge in [-0.3, -0.25) is 4.79 Å². The minimum absolute atomic E-state index is 0.221. The molecule has 14 heavy (non-hydrogen) atoms. The van der Waals surface area contributed by atoms with Crippen molar-refractivity contribution in [3.63, 3.8) is 0 Å². The summed E-state index contributed by atoms with van der Waals surface area (Å²) in [5, 5.41) is 3.35. The van der Waals surface area contributed by atoms with E-state index in [0.717, 1.165) is 12.8 Å². The van der Waals surface area contributed by atoms with Gasteiger partial charge in [0.15, 0.2) is 0 Å². The molecule has 0 bridgehead atoms. The van der Waals surface area contributed by atoms with Crippen LogP contribution in [0.15, 0.2) is 0 Å². The molecule has 3 N–H and O–H groups in total. The Morgan fingerprint density at radius 1 is 1.36 bits per heavy atom. The minimum atomic E-state index is -0.546. The van der Waals surface area contributed by atoms with E-state index >= 15 is 0 Å². The topological polar surface area (TPSA) is 55.1 Å². The normalized spacial score (nSPS) is 17.9. The van der Waals surface area contributed by atoms with E-state index in [4.69, 9.17) is 5.73 Å². The molecule has 3 nitrogen and oxygen atoms in total. The first kappa shape index (κ1) is 13.4. The first-order valence-corrected chi connectivity index (χ1v) is 5.48. The summed E-state index contributed by atoms with van der Waals surface area (Å²) in [7, 11) is 0. The van der Waals surface area contributed by atoms with Crippen LogP contribution in [0.5, 0.6) is 0 Å². The number of nitrogens with one attached hydrogen (secondary N) is 1. The lowest BCUT2D eigenvalue weighted by atomic mass is 9.82. The zero-order chi connectivity index (χ0) is 11.4. The van der Waals surface area contributed by atoms with Crippen molar-refractivity contribution in [1.29, 1.82) is 0 Å². The second-order valence-electron chi connectivity index (χ2n) is 4.30. The Balaban J connectivity index is 4.76. The fourth-order valence-electron chi connectivity index (χ4n) is 1.75. The largest absolute Gasteiger partial charge is 0.368 e. The summed E-state index contributed by atoms with van der Waals surface area (Å²) in [5.74, 6) is -0.0192. The van der Waals surface area contributed by atoms with Gasteiger partial charge in [-0.25, -0.2) is 0 Å². The van der Waals surface area contributed by atoms with Crippen LogP contribution in [0.25, 0.3) is 0 Å². The highest BCUT2D eigenvalue weighted by molar-refractivity contribution is 5.85. The Labute approximate surface area is 87.4 Å². The summed E-state index contributed by atoms with van der Waals surface area (Å²) in [5.41, 5.74) is 4.94. The number of hydrogen-bond acceptors (Lipinski definition) is 2. The molecule has 0 spiro atoms. The molecule has 0 aliphatic heterocycles. The average molecular weight is 200 g/mol. The van der Waals surface area contributed by atoms with E-state index in [2.05, 4.69) is 19.2 Å². The molecule has 0 rings (SSSR count). The fraction of sp³-hybridized carbons (Fsp3) is 0.909. The number of hydrogen-bond donors (Lipinski definition) is 2. The Hall–Kier alpha value is -0.570. The zero-order valence-corrected chi connectivity index (χ0v) is 10.1. The van der Waals surface area contributed by atoms with Gasteiger partial charge >= 0.3 is 0 Å². The molecule has 2 unspecified atom stereocenters. The van der Waals surface area contributed by atoms with Crippen LogP contribution in [-0.2, 0) is 4.79 Å². The molecule has 2 atom stereocenters. The number of carbonyl (C=O) groups excluding carboxylic acids is 1. The summed E-state index contributed by atoms with van der Waals surface area (Å²) in [6.45, 7) is 10.2. The van der Waals surface area contributed by atoms with Gasteiger partial charge in [0.25, 0.3) is 0 Å². The molecule has 0 aromatic rings. The first-order chi connectivity index (χ1) is 6.40. The molecule has 0 aliphatic carbocycles. The minimum Gasteiger partial charge on any atom is -0.368 e. The maximum absolute atomic E-state index is 11.5. The van der Waals surface area contributed by atoms with Crippen LogP contribution in [0, 0.1) is 5.92 Å². The van der Waals surface area contributed by atoms with E-state index in [1.54, 1.807) is 0 Å². The third kappa shape index (κ3) is 2.71. The van der Waals surface area contributed by atoms with E-state index in [9.17, 15) is 4.79 Å². The molecule has 0 radical (unpaired) electrons. The number of nitrogens with two attached hydrogens (primary N) is 1. The van der Waals surface area contributed by atoms with Gasteiger partial charge in [0.05, 0.1) is 5.54 Å². The van der Waals surface area contributed by atoms with Crippen molar-refractivity contribution in [2.75, 3.05) is 0 Å². The summed E-state index contributed by atoms with van der Waals surface area (Å²) in [4.78, 5) is 11.5. The van der Waals surface area contributed by atoms with Crippen LogP contribution >= 0.6 is 0 Å². The molecular weight excluding hydrogens is 176 g/mol.